The van der Waals surface area contributed by atoms with Gasteiger partial charge in [0.05, 0.1) is 11.0 Å². The molecule has 2 rings (SSSR count). The molecule has 1 heterocycles. The fourth-order valence-electron chi connectivity index (χ4n) is 3.09. The lowest BCUT2D eigenvalue weighted by Gasteiger charge is -2.11. The Morgan fingerprint density at radius 1 is 1.31 bits per heavy atom. The van der Waals surface area contributed by atoms with Gasteiger partial charge in [0.2, 0.25) is 0 Å². The Kier molecular flexibility index (Phi) is 2.17. The largest absolute Gasteiger partial charge is 0.229 e. The predicted molar refractivity (Wildman–Crippen MR) is 53.2 cm³/mol. The zero-order valence-corrected chi connectivity index (χ0v) is 9.18. The molecule has 4 atom stereocenters. The van der Waals surface area contributed by atoms with Gasteiger partial charge in [-0.05, 0) is 30.6 Å². The Labute approximate surface area is 80.6 Å². The summed E-state index contributed by atoms with van der Waals surface area (Å²) in [6.45, 7) is 4.27. The Balaban J connectivity index is 2.23. The first-order valence-corrected chi connectivity index (χ1v) is 6.97. The van der Waals surface area contributed by atoms with Gasteiger partial charge in [0.25, 0.3) is 0 Å². The molecule has 1 aliphatic carbocycles. The van der Waals surface area contributed by atoms with Crippen LogP contribution in [0.3, 0.4) is 0 Å². The first kappa shape index (κ1) is 9.50. The van der Waals surface area contributed by atoms with E-state index in [0.717, 1.165) is 19.3 Å². The van der Waals surface area contributed by atoms with Gasteiger partial charge in [-0.15, -0.1) is 0 Å². The van der Waals surface area contributed by atoms with E-state index in [9.17, 15) is 8.42 Å². The molecule has 0 bridgehead atoms. The Bertz CT molecular complexity index is 294. The highest BCUT2D eigenvalue weighted by molar-refractivity contribution is 7.92. The molecule has 1 aliphatic heterocycles. The lowest BCUT2D eigenvalue weighted by atomic mass is 9.93. The molecule has 0 aromatic rings. The van der Waals surface area contributed by atoms with Crippen LogP contribution in [0.1, 0.15) is 33.1 Å². The Morgan fingerprint density at radius 2 is 2.00 bits per heavy atom. The maximum absolute atomic E-state index is 11.7. The van der Waals surface area contributed by atoms with Crippen LogP contribution in [-0.2, 0) is 9.84 Å². The first-order valence-electron chi connectivity index (χ1n) is 5.26. The lowest BCUT2D eigenvalue weighted by Crippen LogP contribution is -2.17. The molecule has 0 aromatic heterocycles. The van der Waals surface area contributed by atoms with Crippen molar-refractivity contribution in [1.82, 2.24) is 0 Å². The minimum atomic E-state index is -2.72. The summed E-state index contributed by atoms with van der Waals surface area (Å²) in [5.74, 6) is 2.01. The topological polar surface area (TPSA) is 34.1 Å². The molecule has 2 aliphatic rings. The highest BCUT2D eigenvalue weighted by atomic mass is 32.2. The average molecular weight is 202 g/mol. The van der Waals surface area contributed by atoms with Crippen molar-refractivity contribution in [3.05, 3.63) is 0 Å². The smallest absolute Gasteiger partial charge is 0.153 e. The van der Waals surface area contributed by atoms with E-state index in [4.69, 9.17) is 0 Å². The second-order valence-corrected chi connectivity index (χ2v) is 7.02. The molecule has 0 aromatic carbocycles. The van der Waals surface area contributed by atoms with E-state index in [1.807, 2.05) is 0 Å². The highest BCUT2D eigenvalue weighted by Crippen LogP contribution is 2.46. The van der Waals surface area contributed by atoms with Crippen molar-refractivity contribution in [3.63, 3.8) is 0 Å². The van der Waals surface area contributed by atoms with Gasteiger partial charge >= 0.3 is 0 Å². The van der Waals surface area contributed by atoms with Crippen molar-refractivity contribution in [2.75, 3.05) is 5.75 Å². The quantitative estimate of drug-likeness (QED) is 0.650. The molecule has 0 radical (unpaired) electrons. The second kappa shape index (κ2) is 2.97. The fourth-order valence-corrected chi connectivity index (χ4v) is 5.80. The number of hydrogen-bond donors (Lipinski definition) is 0. The zero-order chi connectivity index (χ0) is 9.64. The van der Waals surface area contributed by atoms with Crippen LogP contribution in [0.25, 0.3) is 0 Å². The third-order valence-corrected chi connectivity index (χ3v) is 6.37. The van der Waals surface area contributed by atoms with E-state index < -0.39 is 9.84 Å². The fraction of sp³-hybridized carbons (Fsp3) is 1.00. The van der Waals surface area contributed by atoms with Crippen molar-refractivity contribution in [3.8, 4) is 0 Å². The minimum Gasteiger partial charge on any atom is -0.229 e. The molecule has 0 amide bonds. The molecular weight excluding hydrogens is 184 g/mol. The second-order valence-electron chi connectivity index (χ2n) is 4.75. The molecule has 3 heteroatoms. The maximum atomic E-state index is 11.7. The minimum absolute atomic E-state index is 0.0208. The highest BCUT2D eigenvalue weighted by Gasteiger charge is 2.49. The van der Waals surface area contributed by atoms with E-state index in [2.05, 4.69) is 13.8 Å². The summed E-state index contributed by atoms with van der Waals surface area (Å²) in [6.07, 6.45) is 3.24. The van der Waals surface area contributed by atoms with E-state index >= 15 is 0 Å². The zero-order valence-electron chi connectivity index (χ0n) is 8.36. The van der Waals surface area contributed by atoms with Crippen molar-refractivity contribution >= 4 is 9.84 Å². The monoisotopic (exact) mass is 202 g/mol. The van der Waals surface area contributed by atoms with E-state index in [1.165, 1.54) is 0 Å². The van der Waals surface area contributed by atoms with Crippen LogP contribution < -0.4 is 0 Å². The summed E-state index contributed by atoms with van der Waals surface area (Å²) in [5, 5.41) is 0.0208. The molecule has 2 fully saturated rings. The summed E-state index contributed by atoms with van der Waals surface area (Å²) in [4.78, 5) is 0. The molecule has 0 N–H and O–H groups in total. The Morgan fingerprint density at radius 3 is 2.54 bits per heavy atom. The summed E-state index contributed by atoms with van der Waals surface area (Å²) < 4.78 is 23.4. The molecule has 1 saturated heterocycles. The van der Waals surface area contributed by atoms with E-state index in [-0.39, 0.29) is 5.25 Å². The molecular formula is C10H18O2S. The number of hydrogen-bond acceptors (Lipinski definition) is 2. The lowest BCUT2D eigenvalue weighted by molar-refractivity contribution is 0.400. The van der Waals surface area contributed by atoms with Crippen LogP contribution in [0.15, 0.2) is 0 Å². The SMILES string of the molecule is CCC1CC2C(C)CS(=O)(=O)C2C1. The average Bonchev–Trinajstić information content (AvgIpc) is 2.53. The van der Waals surface area contributed by atoms with Crippen LogP contribution in [-0.4, -0.2) is 19.4 Å². The van der Waals surface area contributed by atoms with Gasteiger partial charge in [-0.3, -0.25) is 0 Å². The molecule has 2 nitrogen and oxygen atoms in total. The summed E-state index contributed by atoms with van der Waals surface area (Å²) in [7, 11) is -2.72. The first-order chi connectivity index (χ1) is 6.04. The molecule has 13 heavy (non-hydrogen) atoms. The predicted octanol–water partition coefficient (Wildman–Crippen LogP) is 1.86. The van der Waals surface area contributed by atoms with Crippen LogP contribution in [0.4, 0.5) is 0 Å². The van der Waals surface area contributed by atoms with Crippen molar-refractivity contribution in [2.24, 2.45) is 17.8 Å². The molecule has 76 valence electrons. The van der Waals surface area contributed by atoms with Crippen LogP contribution in [0.5, 0.6) is 0 Å². The molecule has 1 saturated carbocycles. The molecule has 4 unspecified atom stereocenters. The summed E-state index contributed by atoms with van der Waals surface area (Å²) in [6, 6.07) is 0. The van der Waals surface area contributed by atoms with Crippen LogP contribution >= 0.6 is 0 Å². The van der Waals surface area contributed by atoms with Crippen LogP contribution in [0.2, 0.25) is 0 Å². The van der Waals surface area contributed by atoms with E-state index in [1.54, 1.807) is 0 Å². The standard InChI is InChI=1S/C10H18O2S/c1-3-8-4-9-7(2)6-13(11,12)10(9)5-8/h7-10H,3-6H2,1-2H3. The van der Waals surface area contributed by atoms with Gasteiger partial charge in [-0.25, -0.2) is 8.42 Å². The molecule has 0 spiro atoms. The van der Waals surface area contributed by atoms with Gasteiger partial charge in [-0.1, -0.05) is 20.3 Å². The van der Waals surface area contributed by atoms with Crippen LogP contribution in [0, 0.1) is 17.8 Å². The third-order valence-electron chi connectivity index (χ3n) is 3.91. The number of sulfone groups is 1. The number of rotatable bonds is 1. The van der Waals surface area contributed by atoms with Gasteiger partial charge in [0.1, 0.15) is 0 Å². The normalized spacial score (nSPS) is 47.8. The Hall–Kier alpha value is -0.0500. The summed E-state index contributed by atoms with van der Waals surface area (Å²) in [5.41, 5.74) is 0. The van der Waals surface area contributed by atoms with E-state index in [0.29, 0.717) is 23.5 Å². The van der Waals surface area contributed by atoms with Crippen molar-refractivity contribution < 1.29 is 8.42 Å². The van der Waals surface area contributed by atoms with Gasteiger partial charge < -0.3 is 0 Å². The van der Waals surface area contributed by atoms with Gasteiger partial charge in [-0.2, -0.15) is 0 Å². The van der Waals surface area contributed by atoms with Crippen molar-refractivity contribution in [2.45, 2.75) is 38.4 Å². The third kappa shape index (κ3) is 1.41. The van der Waals surface area contributed by atoms with Crippen molar-refractivity contribution in [1.29, 1.82) is 0 Å². The number of fused-ring (bicyclic) bond motifs is 1. The van der Waals surface area contributed by atoms with Gasteiger partial charge in [0.15, 0.2) is 9.84 Å². The summed E-state index contributed by atoms with van der Waals surface area (Å²) >= 11 is 0. The van der Waals surface area contributed by atoms with Gasteiger partial charge in [0, 0.05) is 0 Å². The maximum Gasteiger partial charge on any atom is 0.153 e.